The predicted octanol–water partition coefficient (Wildman–Crippen LogP) is 1.98. The normalized spacial score (nSPS) is 20.1. The first-order valence-corrected chi connectivity index (χ1v) is 6.78. The first kappa shape index (κ1) is 13.2. The summed E-state index contributed by atoms with van der Waals surface area (Å²) in [5, 5.41) is 9.02. The van der Waals surface area contributed by atoms with Crippen LogP contribution in [-0.2, 0) is 14.9 Å². The molecule has 2 fully saturated rings. The first-order chi connectivity index (χ1) is 9.63. The van der Waals surface area contributed by atoms with Crippen molar-refractivity contribution in [2.24, 2.45) is 0 Å². The smallest absolute Gasteiger partial charge is 0.304 e. The molecule has 108 valence electrons. The average molecular weight is 278 g/mol. The van der Waals surface area contributed by atoms with Crippen LogP contribution in [0.25, 0.3) is 0 Å². The molecule has 1 saturated heterocycles. The van der Waals surface area contributed by atoms with E-state index in [1.807, 2.05) is 18.2 Å². The quantitative estimate of drug-likeness (QED) is 0.862. The maximum absolute atomic E-state index is 11.0. The molecule has 5 heteroatoms. The molecule has 1 aromatic rings. The lowest BCUT2D eigenvalue weighted by Crippen LogP contribution is -2.38. The molecule has 0 atom stereocenters. The molecule has 1 aliphatic heterocycles. The van der Waals surface area contributed by atoms with E-state index >= 15 is 0 Å². The number of hydrogen-bond acceptors (Lipinski definition) is 4. The van der Waals surface area contributed by atoms with Crippen LogP contribution in [0.2, 0.25) is 0 Å². The Morgan fingerprint density at radius 1 is 1.40 bits per heavy atom. The van der Waals surface area contributed by atoms with Gasteiger partial charge in [-0.2, -0.15) is 0 Å². The summed E-state index contributed by atoms with van der Waals surface area (Å²) in [5.41, 5.74) is 0.811. The maximum Gasteiger partial charge on any atom is 0.304 e. The van der Waals surface area contributed by atoms with E-state index in [0.717, 1.165) is 18.4 Å². The third kappa shape index (κ3) is 2.45. The molecule has 1 saturated carbocycles. The lowest BCUT2D eigenvalue weighted by molar-refractivity contribution is -0.137. The zero-order chi connectivity index (χ0) is 14.2. The highest BCUT2D eigenvalue weighted by molar-refractivity contribution is 5.70. The molecular formula is C15H18O5. The Hall–Kier alpha value is -1.75. The lowest BCUT2D eigenvalue weighted by Gasteiger charge is -2.27. The summed E-state index contributed by atoms with van der Waals surface area (Å²) in [6.07, 6.45) is 2.09. The van der Waals surface area contributed by atoms with Gasteiger partial charge < -0.3 is 19.3 Å². The molecule has 0 spiro atoms. The van der Waals surface area contributed by atoms with Gasteiger partial charge in [0.1, 0.15) is 6.10 Å². The molecule has 1 N–H and O–H groups in total. The number of rotatable bonds is 6. The molecule has 0 radical (unpaired) electrons. The summed E-state index contributed by atoms with van der Waals surface area (Å²) in [6, 6.07) is 5.73. The van der Waals surface area contributed by atoms with Gasteiger partial charge in [-0.3, -0.25) is 4.79 Å². The van der Waals surface area contributed by atoms with E-state index < -0.39 is 5.97 Å². The molecule has 0 aromatic heterocycles. The van der Waals surface area contributed by atoms with Crippen molar-refractivity contribution in [1.29, 1.82) is 0 Å². The molecule has 3 rings (SSSR count). The third-order valence-corrected chi connectivity index (χ3v) is 4.02. The topological polar surface area (TPSA) is 65.0 Å². The van der Waals surface area contributed by atoms with Crippen molar-refractivity contribution in [3.8, 4) is 11.5 Å². The van der Waals surface area contributed by atoms with Crippen molar-refractivity contribution < 1.29 is 24.1 Å². The summed E-state index contributed by atoms with van der Waals surface area (Å²) in [6.45, 7) is 1.21. The van der Waals surface area contributed by atoms with Crippen molar-refractivity contribution in [3.05, 3.63) is 23.8 Å². The van der Waals surface area contributed by atoms with Gasteiger partial charge in [0.15, 0.2) is 11.5 Å². The number of methoxy groups -OCH3 is 1. The Morgan fingerprint density at radius 3 is 2.65 bits per heavy atom. The molecule has 1 heterocycles. The number of hydrogen-bond donors (Lipinski definition) is 1. The second kappa shape index (κ2) is 4.98. The van der Waals surface area contributed by atoms with E-state index in [2.05, 4.69) is 0 Å². The van der Waals surface area contributed by atoms with E-state index in [9.17, 15) is 4.79 Å². The van der Waals surface area contributed by atoms with E-state index in [1.165, 1.54) is 0 Å². The highest BCUT2D eigenvalue weighted by Crippen LogP contribution is 2.52. The number of carboxylic acids is 1. The van der Waals surface area contributed by atoms with Gasteiger partial charge in [0.25, 0.3) is 0 Å². The maximum atomic E-state index is 11.0. The third-order valence-electron chi connectivity index (χ3n) is 4.02. The van der Waals surface area contributed by atoms with Crippen LogP contribution in [0.15, 0.2) is 18.2 Å². The van der Waals surface area contributed by atoms with Crippen LogP contribution < -0.4 is 9.47 Å². The highest BCUT2D eigenvalue weighted by Gasteiger charge is 2.46. The fraction of sp³-hybridized carbons (Fsp3) is 0.533. The standard InChI is InChI=1S/C15H18O5/c1-18-13-6-10(15(4-5-15)7-14(16)17)2-3-12(13)20-11-8-19-9-11/h2-3,6,11H,4-5,7-9H2,1H3,(H,16,17). The van der Waals surface area contributed by atoms with Crippen molar-refractivity contribution in [2.75, 3.05) is 20.3 Å². The predicted molar refractivity (Wildman–Crippen MR) is 71.4 cm³/mol. The minimum atomic E-state index is -0.756. The molecule has 5 nitrogen and oxygen atoms in total. The zero-order valence-corrected chi connectivity index (χ0v) is 11.4. The van der Waals surface area contributed by atoms with E-state index in [4.69, 9.17) is 19.3 Å². The van der Waals surface area contributed by atoms with Crippen LogP contribution in [0.1, 0.15) is 24.8 Å². The Labute approximate surface area is 117 Å². The van der Waals surface area contributed by atoms with Crippen LogP contribution >= 0.6 is 0 Å². The number of ether oxygens (including phenoxy) is 3. The van der Waals surface area contributed by atoms with Gasteiger partial charge in [-0.05, 0) is 30.5 Å². The van der Waals surface area contributed by atoms with E-state index in [0.29, 0.717) is 24.7 Å². The minimum Gasteiger partial charge on any atom is -0.493 e. The summed E-state index contributed by atoms with van der Waals surface area (Å²) in [4.78, 5) is 11.0. The molecule has 1 aromatic carbocycles. The number of carboxylic acid groups (broad SMARTS) is 1. The summed E-state index contributed by atoms with van der Waals surface area (Å²) in [7, 11) is 1.60. The van der Waals surface area contributed by atoms with Crippen LogP contribution in [0.3, 0.4) is 0 Å². The van der Waals surface area contributed by atoms with Crippen molar-refractivity contribution in [1.82, 2.24) is 0 Å². The van der Waals surface area contributed by atoms with Gasteiger partial charge >= 0.3 is 5.97 Å². The van der Waals surface area contributed by atoms with Crippen LogP contribution in [-0.4, -0.2) is 37.5 Å². The first-order valence-electron chi connectivity index (χ1n) is 6.78. The number of carbonyl (C=O) groups is 1. The van der Waals surface area contributed by atoms with Gasteiger partial charge in [-0.25, -0.2) is 0 Å². The molecule has 0 amide bonds. The number of benzene rings is 1. The van der Waals surface area contributed by atoms with E-state index in [1.54, 1.807) is 7.11 Å². The van der Waals surface area contributed by atoms with E-state index in [-0.39, 0.29) is 17.9 Å². The molecule has 1 aliphatic carbocycles. The summed E-state index contributed by atoms with van der Waals surface area (Å²) < 4.78 is 16.2. The fourth-order valence-corrected chi connectivity index (χ4v) is 2.56. The Kier molecular flexibility index (Phi) is 3.30. The molecule has 2 aliphatic rings. The van der Waals surface area contributed by atoms with Gasteiger partial charge in [-0.1, -0.05) is 6.07 Å². The Bertz CT molecular complexity index is 517. The monoisotopic (exact) mass is 278 g/mol. The minimum absolute atomic E-state index is 0.0867. The molecule has 0 bridgehead atoms. The van der Waals surface area contributed by atoms with Gasteiger partial charge in [-0.15, -0.1) is 0 Å². The Balaban J connectivity index is 1.81. The lowest BCUT2D eigenvalue weighted by atomic mass is 9.92. The largest absolute Gasteiger partial charge is 0.493 e. The fourth-order valence-electron chi connectivity index (χ4n) is 2.56. The van der Waals surface area contributed by atoms with Crippen molar-refractivity contribution in [3.63, 3.8) is 0 Å². The molecule has 20 heavy (non-hydrogen) atoms. The van der Waals surface area contributed by atoms with Crippen LogP contribution in [0, 0.1) is 0 Å². The van der Waals surface area contributed by atoms with Crippen molar-refractivity contribution in [2.45, 2.75) is 30.8 Å². The zero-order valence-electron chi connectivity index (χ0n) is 11.4. The molecule has 0 unspecified atom stereocenters. The second-order valence-electron chi connectivity index (χ2n) is 5.49. The van der Waals surface area contributed by atoms with Crippen molar-refractivity contribution >= 4 is 5.97 Å². The summed E-state index contributed by atoms with van der Waals surface area (Å²) >= 11 is 0. The highest BCUT2D eigenvalue weighted by atomic mass is 16.6. The molecular weight excluding hydrogens is 260 g/mol. The van der Waals surface area contributed by atoms with Gasteiger partial charge in [0.05, 0.1) is 26.7 Å². The second-order valence-corrected chi connectivity index (χ2v) is 5.49. The number of aliphatic carboxylic acids is 1. The van der Waals surface area contributed by atoms with Crippen LogP contribution in [0.5, 0.6) is 11.5 Å². The van der Waals surface area contributed by atoms with Gasteiger partial charge in [0, 0.05) is 5.41 Å². The van der Waals surface area contributed by atoms with Gasteiger partial charge in [0.2, 0.25) is 0 Å². The Morgan fingerprint density at radius 2 is 2.15 bits per heavy atom. The summed E-state index contributed by atoms with van der Waals surface area (Å²) in [5.74, 6) is 0.593. The van der Waals surface area contributed by atoms with Crippen LogP contribution in [0.4, 0.5) is 0 Å². The SMILES string of the molecule is COc1cc(C2(CC(=O)O)CC2)ccc1OC1COC1. The average Bonchev–Trinajstić information content (AvgIpc) is 3.13.